The maximum atomic E-state index is 13.0. The second kappa shape index (κ2) is 10.4. The van der Waals surface area contributed by atoms with Crippen LogP contribution in [0.4, 0.5) is 0 Å². The van der Waals surface area contributed by atoms with Crippen molar-refractivity contribution < 1.29 is 29.0 Å². The number of carbonyl (C=O) groups is 4. The number of hydrogen-bond acceptors (Lipinski definition) is 5. The lowest BCUT2D eigenvalue weighted by Gasteiger charge is -2.28. The van der Waals surface area contributed by atoms with Crippen molar-refractivity contribution in [2.45, 2.75) is 59.6 Å². The summed E-state index contributed by atoms with van der Waals surface area (Å²) in [4.78, 5) is 51.6. The number of carboxylic acids is 1. The largest absolute Gasteiger partial charge is 0.481 e. The molecule has 7 nitrogen and oxygen atoms in total. The van der Waals surface area contributed by atoms with Crippen LogP contribution in [0, 0.1) is 17.8 Å². The Morgan fingerprint density at radius 3 is 1.86 bits per heavy atom. The number of carbonyl (C=O) groups excluding carboxylic acids is 3. The molecule has 0 aliphatic carbocycles. The maximum Gasteiger partial charge on any atom is 0.310 e. The number of nitrogens with zero attached hydrogens (tertiary/aromatic N) is 1. The third-order valence-electron chi connectivity index (χ3n) is 5.94. The van der Waals surface area contributed by atoms with Gasteiger partial charge < -0.3 is 9.84 Å². The van der Waals surface area contributed by atoms with Gasteiger partial charge in [0.15, 0.2) is 0 Å². The molecule has 2 atom stereocenters. The third kappa shape index (κ3) is 6.35. The van der Waals surface area contributed by atoms with Gasteiger partial charge >= 0.3 is 11.9 Å². The fourth-order valence-electron chi connectivity index (χ4n) is 4.31. The molecule has 1 aliphatic heterocycles. The van der Waals surface area contributed by atoms with Crippen molar-refractivity contribution in [3.05, 3.63) is 70.8 Å². The molecule has 2 aromatic carbocycles. The lowest BCUT2D eigenvalue weighted by molar-refractivity contribution is -0.167. The van der Waals surface area contributed by atoms with Crippen LogP contribution in [0.3, 0.4) is 0 Å². The van der Waals surface area contributed by atoms with Gasteiger partial charge in [-0.2, -0.15) is 0 Å². The van der Waals surface area contributed by atoms with E-state index in [0.717, 1.165) is 11.1 Å². The normalized spacial score (nSPS) is 15.2. The molecule has 0 bridgehead atoms. The summed E-state index contributed by atoms with van der Waals surface area (Å²) in [5.74, 6) is -3.80. The fourth-order valence-corrected chi connectivity index (χ4v) is 4.31. The molecule has 0 aromatic heterocycles. The number of aliphatic carboxylic acids is 1. The average Bonchev–Trinajstić information content (AvgIpc) is 3.01. The predicted octanol–water partition coefficient (Wildman–Crippen LogP) is 4.73. The first-order chi connectivity index (χ1) is 16.4. The van der Waals surface area contributed by atoms with E-state index in [4.69, 9.17) is 4.74 Å². The van der Waals surface area contributed by atoms with E-state index in [1.165, 1.54) is 4.90 Å². The van der Waals surface area contributed by atoms with Gasteiger partial charge in [0, 0.05) is 0 Å². The zero-order valence-electron chi connectivity index (χ0n) is 20.9. The molecule has 186 valence electrons. The van der Waals surface area contributed by atoms with Gasteiger partial charge in [-0.05, 0) is 62.8 Å². The Balaban J connectivity index is 1.78. The highest BCUT2D eigenvalue weighted by Gasteiger charge is 2.37. The van der Waals surface area contributed by atoms with Gasteiger partial charge in [0.1, 0.15) is 5.60 Å². The smallest absolute Gasteiger partial charge is 0.310 e. The van der Waals surface area contributed by atoms with Gasteiger partial charge in [0.25, 0.3) is 11.8 Å². The number of ether oxygens (including phenoxy) is 1. The quantitative estimate of drug-likeness (QED) is 0.412. The van der Waals surface area contributed by atoms with Crippen LogP contribution >= 0.6 is 0 Å². The van der Waals surface area contributed by atoms with Gasteiger partial charge in [0.05, 0.1) is 29.5 Å². The highest BCUT2D eigenvalue weighted by Crippen LogP contribution is 2.29. The standard InChI is InChI=1S/C28H33NO6/c1-17(2)14-22(26(32)33)23(27(34)35-28(3,4)5)15-18-10-12-19(13-11-18)16-29-24(30)20-8-6-7-9-21(20)25(29)31/h6-13,17,22-23H,14-16H2,1-5H3,(H,32,33). The predicted molar refractivity (Wildman–Crippen MR) is 131 cm³/mol. The van der Waals surface area contributed by atoms with E-state index in [-0.39, 0.29) is 30.7 Å². The fraction of sp³-hybridized carbons (Fsp3) is 0.429. The number of rotatable bonds is 9. The lowest BCUT2D eigenvalue weighted by Crippen LogP contribution is -2.37. The molecule has 0 radical (unpaired) electrons. The summed E-state index contributed by atoms with van der Waals surface area (Å²) < 4.78 is 5.57. The molecule has 0 saturated heterocycles. The molecule has 0 spiro atoms. The molecule has 0 saturated carbocycles. The molecular formula is C28H33NO6. The molecule has 7 heteroatoms. The summed E-state index contributed by atoms with van der Waals surface area (Å²) in [7, 11) is 0. The summed E-state index contributed by atoms with van der Waals surface area (Å²) in [5.41, 5.74) is 1.61. The number of fused-ring (bicyclic) bond motifs is 1. The first-order valence-electron chi connectivity index (χ1n) is 11.9. The second-order valence-corrected chi connectivity index (χ2v) is 10.5. The Bertz CT molecular complexity index is 1080. The minimum absolute atomic E-state index is 0.100. The number of imide groups is 1. The van der Waals surface area contributed by atoms with Gasteiger partial charge in [0.2, 0.25) is 0 Å². The van der Waals surface area contributed by atoms with E-state index in [2.05, 4.69) is 0 Å². The molecule has 2 amide bonds. The topological polar surface area (TPSA) is 101 Å². The number of carboxylic acid groups (broad SMARTS) is 1. The van der Waals surface area contributed by atoms with Crippen LogP contribution < -0.4 is 0 Å². The van der Waals surface area contributed by atoms with Gasteiger partial charge in [-0.1, -0.05) is 50.2 Å². The molecule has 1 N–H and O–H groups in total. The maximum absolute atomic E-state index is 13.0. The Morgan fingerprint density at radius 1 is 0.886 bits per heavy atom. The molecule has 2 aromatic rings. The first-order valence-corrected chi connectivity index (χ1v) is 11.9. The summed E-state index contributed by atoms with van der Waals surface area (Å²) in [6.07, 6.45) is 0.572. The third-order valence-corrected chi connectivity index (χ3v) is 5.94. The van der Waals surface area contributed by atoms with Gasteiger partial charge in [-0.3, -0.25) is 24.1 Å². The number of amides is 2. The Morgan fingerprint density at radius 2 is 1.40 bits per heavy atom. The highest BCUT2D eigenvalue weighted by molar-refractivity contribution is 6.21. The molecular weight excluding hydrogens is 446 g/mol. The van der Waals surface area contributed by atoms with E-state index in [1.54, 1.807) is 69.3 Å². The van der Waals surface area contributed by atoms with Crippen LogP contribution in [-0.4, -0.2) is 39.4 Å². The van der Waals surface area contributed by atoms with Crippen molar-refractivity contribution in [1.29, 1.82) is 0 Å². The van der Waals surface area contributed by atoms with Gasteiger partial charge in [-0.15, -0.1) is 0 Å². The molecule has 3 rings (SSSR count). The van der Waals surface area contributed by atoms with E-state index < -0.39 is 29.4 Å². The second-order valence-electron chi connectivity index (χ2n) is 10.5. The Kier molecular flexibility index (Phi) is 7.78. The Labute approximate surface area is 206 Å². The molecule has 0 fully saturated rings. The minimum Gasteiger partial charge on any atom is -0.481 e. The lowest BCUT2D eigenvalue weighted by atomic mass is 9.81. The van der Waals surface area contributed by atoms with Crippen molar-refractivity contribution in [1.82, 2.24) is 4.90 Å². The van der Waals surface area contributed by atoms with Gasteiger partial charge in [-0.25, -0.2) is 0 Å². The van der Waals surface area contributed by atoms with Crippen LogP contribution in [0.1, 0.15) is 72.9 Å². The number of esters is 1. The van der Waals surface area contributed by atoms with Crippen LogP contribution in [0.15, 0.2) is 48.5 Å². The summed E-state index contributed by atoms with van der Waals surface area (Å²) in [6.45, 7) is 9.26. The monoisotopic (exact) mass is 479 g/mol. The molecule has 2 unspecified atom stereocenters. The average molecular weight is 480 g/mol. The van der Waals surface area contributed by atoms with Crippen molar-refractivity contribution in [3.63, 3.8) is 0 Å². The van der Waals surface area contributed by atoms with Crippen LogP contribution in [0.25, 0.3) is 0 Å². The van der Waals surface area contributed by atoms with Crippen LogP contribution in [0.2, 0.25) is 0 Å². The van der Waals surface area contributed by atoms with Crippen LogP contribution in [0.5, 0.6) is 0 Å². The molecule has 1 heterocycles. The number of benzene rings is 2. The molecule has 1 aliphatic rings. The van der Waals surface area contributed by atoms with E-state index in [1.807, 2.05) is 13.8 Å². The van der Waals surface area contributed by atoms with Crippen molar-refractivity contribution >= 4 is 23.8 Å². The van der Waals surface area contributed by atoms with E-state index in [0.29, 0.717) is 17.5 Å². The SMILES string of the molecule is CC(C)CC(C(=O)O)C(Cc1ccc(CN2C(=O)c3ccccc3C2=O)cc1)C(=O)OC(C)(C)C. The minimum atomic E-state index is -1.02. The van der Waals surface area contributed by atoms with Crippen molar-refractivity contribution in [2.24, 2.45) is 17.8 Å². The number of hydrogen-bond donors (Lipinski definition) is 1. The highest BCUT2D eigenvalue weighted by atomic mass is 16.6. The zero-order valence-corrected chi connectivity index (χ0v) is 20.9. The van der Waals surface area contributed by atoms with Crippen LogP contribution in [-0.2, 0) is 27.3 Å². The summed E-state index contributed by atoms with van der Waals surface area (Å²) >= 11 is 0. The summed E-state index contributed by atoms with van der Waals surface area (Å²) in [6, 6.07) is 13.9. The van der Waals surface area contributed by atoms with Crippen molar-refractivity contribution in [3.8, 4) is 0 Å². The van der Waals surface area contributed by atoms with E-state index >= 15 is 0 Å². The van der Waals surface area contributed by atoms with Crippen molar-refractivity contribution in [2.75, 3.05) is 0 Å². The Hall–Kier alpha value is -3.48. The molecule has 35 heavy (non-hydrogen) atoms. The van der Waals surface area contributed by atoms with E-state index in [9.17, 15) is 24.3 Å². The zero-order chi connectivity index (χ0) is 25.9. The summed E-state index contributed by atoms with van der Waals surface area (Å²) in [5, 5.41) is 9.87. The first kappa shape index (κ1) is 26.1.